The zero-order chi connectivity index (χ0) is 18.2. The third-order valence-corrected chi connectivity index (χ3v) is 3.83. The van der Waals surface area contributed by atoms with E-state index in [0.29, 0.717) is 0 Å². The predicted molar refractivity (Wildman–Crippen MR) is 88.4 cm³/mol. The molecule has 0 amide bonds. The number of aryl methyl sites for hydroxylation is 1. The average Bonchev–Trinajstić information content (AvgIpc) is 2.53. The molecule has 0 aromatic heterocycles. The minimum absolute atomic E-state index is 0.0175. The Balaban J connectivity index is 0.000000243. The molecule has 2 aromatic rings. The van der Waals surface area contributed by atoms with Gasteiger partial charge in [-0.15, -0.1) is 0 Å². The number of hydrogen-bond acceptors (Lipinski definition) is 5. The van der Waals surface area contributed by atoms with Crippen molar-refractivity contribution in [3.8, 4) is 5.75 Å². The number of quaternary nitrogens is 1. The Morgan fingerprint density at radius 1 is 1.12 bits per heavy atom. The van der Waals surface area contributed by atoms with Gasteiger partial charge in [0, 0.05) is 0 Å². The molecule has 0 saturated carbocycles. The quantitative estimate of drug-likeness (QED) is 0.813. The molecule has 7 heteroatoms. The number of carbonyl (C=O) groups excluding carboxylic acids is 1. The number of ether oxygens (including phenoxy) is 1. The maximum Gasteiger partial charge on any atom is 0.226 e. The largest absolute Gasteiger partial charge is 0.744 e. The summed E-state index contributed by atoms with van der Waals surface area (Å²) in [5.74, 6) is 0.736. The van der Waals surface area contributed by atoms with Crippen molar-refractivity contribution in [3.63, 3.8) is 0 Å². The SMILES string of the molecule is CC([NH3+])C(=O)COc1ccccc1.Cc1ccc(S(=O)(=O)[O-])cc1. The minimum atomic E-state index is -4.27. The first-order valence-electron chi connectivity index (χ1n) is 7.26. The summed E-state index contributed by atoms with van der Waals surface area (Å²) < 4.78 is 36.4. The molecule has 0 spiro atoms. The third kappa shape index (κ3) is 7.36. The summed E-state index contributed by atoms with van der Waals surface area (Å²) in [6, 6.07) is 14.9. The topological polar surface area (TPSA) is 111 Å². The van der Waals surface area contributed by atoms with Gasteiger partial charge in [0.05, 0.1) is 4.90 Å². The van der Waals surface area contributed by atoms with Gasteiger partial charge in [-0.2, -0.15) is 0 Å². The Morgan fingerprint density at radius 3 is 2.12 bits per heavy atom. The molecule has 2 aromatic carbocycles. The third-order valence-electron chi connectivity index (χ3n) is 2.98. The standard InChI is InChI=1S/C10H13NO2.C7H8O3S/c1-8(11)10(12)7-13-9-5-3-2-4-6-9;1-6-2-4-7(5-3-6)11(8,9)10/h2-6,8H,7,11H2,1H3;2-5H,1H3,(H,8,9,10). The van der Waals surface area contributed by atoms with Crippen LogP contribution in [0.15, 0.2) is 59.5 Å². The van der Waals surface area contributed by atoms with Gasteiger partial charge >= 0.3 is 0 Å². The van der Waals surface area contributed by atoms with Crippen LogP contribution < -0.4 is 10.5 Å². The molecule has 0 aliphatic rings. The molecule has 0 saturated heterocycles. The zero-order valence-corrected chi connectivity index (χ0v) is 14.5. The molecule has 1 atom stereocenters. The molecule has 0 heterocycles. The van der Waals surface area contributed by atoms with Crippen LogP contribution in [0.2, 0.25) is 0 Å². The van der Waals surface area contributed by atoms with E-state index in [2.05, 4.69) is 5.73 Å². The lowest BCUT2D eigenvalue weighted by atomic mass is 10.2. The van der Waals surface area contributed by atoms with Crippen molar-refractivity contribution in [1.29, 1.82) is 0 Å². The van der Waals surface area contributed by atoms with E-state index >= 15 is 0 Å². The van der Waals surface area contributed by atoms with E-state index in [9.17, 15) is 17.8 Å². The van der Waals surface area contributed by atoms with Crippen molar-refractivity contribution in [3.05, 3.63) is 60.2 Å². The Morgan fingerprint density at radius 2 is 1.67 bits per heavy atom. The first-order valence-corrected chi connectivity index (χ1v) is 8.67. The van der Waals surface area contributed by atoms with E-state index in [0.717, 1.165) is 11.3 Å². The molecule has 0 bridgehead atoms. The van der Waals surface area contributed by atoms with E-state index in [-0.39, 0.29) is 23.3 Å². The van der Waals surface area contributed by atoms with Gasteiger partial charge in [0.15, 0.2) is 6.61 Å². The molecule has 24 heavy (non-hydrogen) atoms. The monoisotopic (exact) mass is 351 g/mol. The molecule has 0 aliphatic heterocycles. The number of Topliss-reactive ketones (excluding diaryl/α,β-unsaturated/α-hetero) is 1. The highest BCUT2D eigenvalue weighted by Crippen LogP contribution is 2.08. The van der Waals surface area contributed by atoms with Gasteiger partial charge in [0.25, 0.3) is 0 Å². The van der Waals surface area contributed by atoms with Crippen LogP contribution in [-0.4, -0.2) is 31.4 Å². The molecule has 130 valence electrons. The summed E-state index contributed by atoms with van der Waals surface area (Å²) in [5, 5.41) is 0. The van der Waals surface area contributed by atoms with Gasteiger partial charge < -0.3 is 15.0 Å². The van der Waals surface area contributed by atoms with Crippen LogP contribution in [0, 0.1) is 6.92 Å². The molecule has 0 fully saturated rings. The maximum absolute atomic E-state index is 11.1. The number of carbonyl (C=O) groups is 1. The second-order valence-corrected chi connectivity index (χ2v) is 6.62. The van der Waals surface area contributed by atoms with Crippen molar-refractivity contribution in [2.45, 2.75) is 24.8 Å². The van der Waals surface area contributed by atoms with Crippen molar-refractivity contribution in [2.24, 2.45) is 0 Å². The Hall–Kier alpha value is -2.22. The predicted octanol–water partition coefficient (Wildman–Crippen LogP) is 1.16. The van der Waals surface area contributed by atoms with Crippen LogP contribution in [0.5, 0.6) is 5.75 Å². The molecule has 0 aliphatic carbocycles. The summed E-state index contributed by atoms with van der Waals surface area (Å²) in [6.07, 6.45) is 0. The van der Waals surface area contributed by atoms with Crippen LogP contribution in [0.4, 0.5) is 0 Å². The first kappa shape index (κ1) is 19.8. The lowest BCUT2D eigenvalue weighted by Gasteiger charge is -2.05. The van der Waals surface area contributed by atoms with E-state index in [1.807, 2.05) is 37.3 Å². The van der Waals surface area contributed by atoms with Gasteiger partial charge in [-0.3, -0.25) is 4.79 Å². The summed E-state index contributed by atoms with van der Waals surface area (Å²) in [6.45, 7) is 3.69. The van der Waals surface area contributed by atoms with Gasteiger partial charge in [-0.25, -0.2) is 8.42 Å². The average molecular weight is 351 g/mol. The number of rotatable bonds is 5. The molecule has 2 rings (SSSR count). The lowest BCUT2D eigenvalue weighted by Crippen LogP contribution is -2.64. The summed E-state index contributed by atoms with van der Waals surface area (Å²) in [5.41, 5.74) is 4.55. The Kier molecular flexibility index (Phi) is 7.57. The van der Waals surface area contributed by atoms with Crippen LogP contribution >= 0.6 is 0 Å². The smallest absolute Gasteiger partial charge is 0.226 e. The summed E-state index contributed by atoms with van der Waals surface area (Å²) in [7, 11) is -4.27. The van der Waals surface area contributed by atoms with Crippen molar-refractivity contribution < 1.29 is 28.2 Å². The highest BCUT2D eigenvalue weighted by atomic mass is 32.2. The van der Waals surface area contributed by atoms with E-state index in [1.54, 1.807) is 19.1 Å². The summed E-state index contributed by atoms with van der Waals surface area (Å²) in [4.78, 5) is 11.0. The van der Waals surface area contributed by atoms with E-state index in [1.165, 1.54) is 12.1 Å². The number of benzene rings is 2. The zero-order valence-electron chi connectivity index (χ0n) is 13.6. The second kappa shape index (κ2) is 9.17. The molecule has 0 radical (unpaired) electrons. The normalized spacial score (nSPS) is 11.8. The fraction of sp³-hybridized carbons (Fsp3) is 0.235. The molecular weight excluding hydrogens is 330 g/mol. The first-order chi connectivity index (χ1) is 11.2. The maximum atomic E-state index is 11.1. The van der Waals surface area contributed by atoms with Gasteiger partial charge in [-0.05, 0) is 38.1 Å². The number of para-hydroxylation sites is 1. The van der Waals surface area contributed by atoms with Crippen molar-refractivity contribution in [2.75, 3.05) is 6.61 Å². The van der Waals surface area contributed by atoms with Gasteiger partial charge in [0.2, 0.25) is 5.78 Å². The second-order valence-electron chi connectivity index (χ2n) is 5.24. The van der Waals surface area contributed by atoms with Gasteiger partial charge in [0.1, 0.15) is 21.9 Å². The molecule has 6 nitrogen and oxygen atoms in total. The Bertz CT molecular complexity index is 740. The number of ketones is 1. The molecule has 3 N–H and O–H groups in total. The highest BCUT2D eigenvalue weighted by molar-refractivity contribution is 7.85. The van der Waals surface area contributed by atoms with Crippen LogP contribution in [0.25, 0.3) is 0 Å². The highest BCUT2D eigenvalue weighted by Gasteiger charge is 2.10. The summed E-state index contributed by atoms with van der Waals surface area (Å²) >= 11 is 0. The lowest BCUT2D eigenvalue weighted by molar-refractivity contribution is -0.397. The minimum Gasteiger partial charge on any atom is -0.744 e. The fourth-order valence-electron chi connectivity index (χ4n) is 1.52. The van der Waals surface area contributed by atoms with E-state index < -0.39 is 10.1 Å². The van der Waals surface area contributed by atoms with Crippen molar-refractivity contribution in [1.82, 2.24) is 0 Å². The van der Waals surface area contributed by atoms with E-state index in [4.69, 9.17) is 4.74 Å². The van der Waals surface area contributed by atoms with Gasteiger partial charge in [-0.1, -0.05) is 35.9 Å². The van der Waals surface area contributed by atoms with Crippen LogP contribution in [0.3, 0.4) is 0 Å². The number of hydrogen-bond donors (Lipinski definition) is 1. The van der Waals surface area contributed by atoms with Crippen LogP contribution in [-0.2, 0) is 14.9 Å². The molecular formula is C17H21NO5S. The van der Waals surface area contributed by atoms with Crippen LogP contribution in [0.1, 0.15) is 12.5 Å². The molecule has 1 unspecified atom stereocenters. The fourth-order valence-corrected chi connectivity index (χ4v) is 1.99. The van der Waals surface area contributed by atoms with Crippen molar-refractivity contribution >= 4 is 15.9 Å². The Labute approximate surface area is 142 Å².